The maximum absolute atomic E-state index is 11.7. The Balaban J connectivity index is 1.89. The summed E-state index contributed by atoms with van der Waals surface area (Å²) in [5.41, 5.74) is 0. The molecule has 1 N–H and O–H groups in total. The summed E-state index contributed by atoms with van der Waals surface area (Å²) in [4.78, 5) is 14.5. The van der Waals surface area contributed by atoms with Crippen LogP contribution < -0.4 is 0 Å². The number of hydrogen-bond acceptors (Lipinski definition) is 4. The normalized spacial score (nSPS) is 22.8. The van der Waals surface area contributed by atoms with Gasteiger partial charge in [-0.05, 0) is 17.9 Å². The van der Waals surface area contributed by atoms with Gasteiger partial charge in [0.1, 0.15) is 0 Å². The molecule has 0 spiro atoms. The van der Waals surface area contributed by atoms with Gasteiger partial charge in [0.2, 0.25) is 0 Å². The minimum atomic E-state index is -0.244. The molecule has 2 heterocycles. The van der Waals surface area contributed by atoms with Crippen LogP contribution in [0.4, 0.5) is 0 Å². The van der Waals surface area contributed by atoms with Crippen LogP contribution in [0.2, 0.25) is 0 Å². The van der Waals surface area contributed by atoms with Gasteiger partial charge in [0.25, 0.3) is 0 Å². The second kappa shape index (κ2) is 4.21. The molecule has 1 aliphatic rings. The topological polar surface area (TPSA) is 40.5 Å². The summed E-state index contributed by atoms with van der Waals surface area (Å²) in [7, 11) is 0. The Morgan fingerprint density at radius 1 is 1.71 bits per heavy atom. The molecule has 1 atom stereocenters. The highest BCUT2D eigenvalue weighted by Crippen LogP contribution is 2.13. The Kier molecular flexibility index (Phi) is 2.96. The quantitative estimate of drug-likeness (QED) is 0.758. The largest absolute Gasteiger partial charge is 0.392 e. The lowest BCUT2D eigenvalue weighted by Crippen LogP contribution is -2.28. The monoisotopic (exact) mass is 211 g/mol. The Morgan fingerprint density at radius 3 is 3.14 bits per heavy atom. The van der Waals surface area contributed by atoms with Gasteiger partial charge in [0.15, 0.2) is 5.78 Å². The van der Waals surface area contributed by atoms with Crippen molar-refractivity contribution in [1.82, 2.24) is 4.90 Å². The number of thiophene rings is 1. The first-order chi connectivity index (χ1) is 6.75. The van der Waals surface area contributed by atoms with E-state index in [-0.39, 0.29) is 11.9 Å². The van der Waals surface area contributed by atoms with Crippen LogP contribution in [0.5, 0.6) is 0 Å². The van der Waals surface area contributed by atoms with Gasteiger partial charge >= 0.3 is 0 Å². The number of Topliss-reactive ketones (excluding diaryl/α,β-unsaturated/α-hetero) is 1. The lowest BCUT2D eigenvalue weighted by Gasteiger charge is -2.12. The lowest BCUT2D eigenvalue weighted by atomic mass is 10.3. The maximum Gasteiger partial charge on any atom is 0.186 e. The van der Waals surface area contributed by atoms with Crippen molar-refractivity contribution >= 4 is 17.1 Å². The van der Waals surface area contributed by atoms with Crippen LogP contribution in [0.1, 0.15) is 16.1 Å². The van der Waals surface area contributed by atoms with Gasteiger partial charge in [-0.15, -0.1) is 11.3 Å². The summed E-state index contributed by atoms with van der Waals surface area (Å²) in [6, 6.07) is 3.73. The number of aliphatic hydroxyl groups is 1. The summed E-state index contributed by atoms with van der Waals surface area (Å²) in [6.45, 7) is 1.91. The van der Waals surface area contributed by atoms with E-state index < -0.39 is 0 Å². The third kappa shape index (κ3) is 2.20. The fourth-order valence-corrected chi connectivity index (χ4v) is 2.33. The molecule has 0 radical (unpaired) electrons. The number of carbonyl (C=O) groups is 1. The van der Waals surface area contributed by atoms with Gasteiger partial charge in [-0.3, -0.25) is 9.69 Å². The van der Waals surface area contributed by atoms with Crippen LogP contribution in [0.25, 0.3) is 0 Å². The number of aliphatic hydroxyl groups excluding tert-OH is 1. The second-order valence-corrected chi connectivity index (χ2v) is 4.53. The van der Waals surface area contributed by atoms with E-state index in [2.05, 4.69) is 0 Å². The summed E-state index contributed by atoms with van der Waals surface area (Å²) in [6.07, 6.45) is 0.545. The predicted octanol–water partition coefficient (Wildman–Crippen LogP) is 0.997. The average molecular weight is 211 g/mol. The highest BCUT2D eigenvalue weighted by atomic mass is 32.1. The number of ketones is 1. The van der Waals surface area contributed by atoms with Crippen LogP contribution in [0, 0.1) is 0 Å². The van der Waals surface area contributed by atoms with E-state index in [4.69, 9.17) is 0 Å². The first kappa shape index (κ1) is 9.83. The lowest BCUT2D eigenvalue weighted by molar-refractivity contribution is 0.0939. The van der Waals surface area contributed by atoms with Gasteiger partial charge in [-0.25, -0.2) is 0 Å². The van der Waals surface area contributed by atoms with Crippen LogP contribution in [0.15, 0.2) is 17.5 Å². The summed E-state index contributed by atoms with van der Waals surface area (Å²) in [5.74, 6) is 0.161. The van der Waals surface area contributed by atoms with Crippen LogP contribution in [-0.2, 0) is 0 Å². The molecule has 1 fully saturated rings. The van der Waals surface area contributed by atoms with Crippen LogP contribution in [0.3, 0.4) is 0 Å². The van der Waals surface area contributed by atoms with Crippen molar-refractivity contribution in [2.75, 3.05) is 19.6 Å². The minimum absolute atomic E-state index is 0.161. The second-order valence-electron chi connectivity index (χ2n) is 3.58. The molecule has 0 aromatic carbocycles. The number of hydrogen-bond donors (Lipinski definition) is 1. The molecule has 1 unspecified atom stereocenters. The SMILES string of the molecule is O=C(CN1CCC(O)C1)c1cccs1. The molecule has 0 amide bonds. The molecular formula is C10H13NO2S. The number of likely N-dealkylation sites (tertiary alicyclic amines) is 1. The first-order valence-corrected chi connectivity index (χ1v) is 5.61. The van der Waals surface area contributed by atoms with E-state index >= 15 is 0 Å². The molecule has 1 aliphatic heterocycles. The van der Waals surface area contributed by atoms with Crippen molar-refractivity contribution in [3.8, 4) is 0 Å². The summed E-state index contributed by atoms with van der Waals surface area (Å²) in [5, 5.41) is 11.2. The summed E-state index contributed by atoms with van der Waals surface area (Å²) >= 11 is 1.48. The van der Waals surface area contributed by atoms with Crippen molar-refractivity contribution in [1.29, 1.82) is 0 Å². The zero-order valence-corrected chi connectivity index (χ0v) is 8.67. The molecule has 1 aromatic rings. The van der Waals surface area contributed by atoms with Crippen LogP contribution in [-0.4, -0.2) is 41.5 Å². The third-order valence-electron chi connectivity index (χ3n) is 2.41. The van der Waals surface area contributed by atoms with Crippen molar-refractivity contribution in [3.63, 3.8) is 0 Å². The Bertz CT molecular complexity index is 310. The molecule has 76 valence electrons. The Labute approximate surface area is 87.0 Å². The van der Waals surface area contributed by atoms with E-state index in [0.29, 0.717) is 13.1 Å². The maximum atomic E-state index is 11.7. The molecule has 0 saturated carbocycles. The average Bonchev–Trinajstić information content (AvgIpc) is 2.75. The van der Waals surface area contributed by atoms with E-state index in [1.54, 1.807) is 0 Å². The molecule has 2 rings (SSSR count). The van der Waals surface area contributed by atoms with E-state index in [9.17, 15) is 9.90 Å². The van der Waals surface area contributed by atoms with E-state index in [1.165, 1.54) is 11.3 Å². The van der Waals surface area contributed by atoms with Gasteiger partial charge in [-0.1, -0.05) is 6.07 Å². The first-order valence-electron chi connectivity index (χ1n) is 4.73. The zero-order chi connectivity index (χ0) is 9.97. The summed E-state index contributed by atoms with van der Waals surface area (Å²) < 4.78 is 0. The number of rotatable bonds is 3. The van der Waals surface area contributed by atoms with Gasteiger partial charge in [-0.2, -0.15) is 0 Å². The smallest absolute Gasteiger partial charge is 0.186 e. The highest BCUT2D eigenvalue weighted by Gasteiger charge is 2.22. The molecule has 3 nitrogen and oxygen atoms in total. The number of β-amino-alcohol motifs (C(OH)–C–C–N with tert-alkyl or cyclic N) is 1. The molecular weight excluding hydrogens is 198 g/mol. The van der Waals surface area contributed by atoms with Crippen molar-refractivity contribution < 1.29 is 9.90 Å². The minimum Gasteiger partial charge on any atom is -0.392 e. The predicted molar refractivity (Wildman–Crippen MR) is 55.7 cm³/mol. The molecule has 0 aliphatic carbocycles. The zero-order valence-electron chi connectivity index (χ0n) is 7.85. The Hall–Kier alpha value is -0.710. The van der Waals surface area contributed by atoms with Crippen molar-refractivity contribution in [2.45, 2.75) is 12.5 Å². The van der Waals surface area contributed by atoms with Gasteiger partial charge < -0.3 is 5.11 Å². The Morgan fingerprint density at radius 2 is 2.57 bits per heavy atom. The standard InChI is InChI=1S/C10H13NO2S/c12-8-3-4-11(6-8)7-9(13)10-2-1-5-14-10/h1-2,5,8,12H,3-4,6-7H2. The number of nitrogens with zero attached hydrogens (tertiary/aromatic N) is 1. The van der Waals surface area contributed by atoms with Gasteiger partial charge in [0, 0.05) is 13.1 Å². The van der Waals surface area contributed by atoms with E-state index in [1.807, 2.05) is 22.4 Å². The molecule has 1 aromatic heterocycles. The molecule has 14 heavy (non-hydrogen) atoms. The molecule has 1 saturated heterocycles. The molecule has 0 bridgehead atoms. The third-order valence-corrected chi connectivity index (χ3v) is 3.32. The van der Waals surface area contributed by atoms with Gasteiger partial charge in [0.05, 0.1) is 17.5 Å². The van der Waals surface area contributed by atoms with Crippen LogP contribution >= 0.6 is 11.3 Å². The van der Waals surface area contributed by atoms with Crippen molar-refractivity contribution in [3.05, 3.63) is 22.4 Å². The number of carbonyl (C=O) groups excluding carboxylic acids is 1. The van der Waals surface area contributed by atoms with E-state index in [0.717, 1.165) is 17.8 Å². The highest BCUT2D eigenvalue weighted by molar-refractivity contribution is 7.12. The fourth-order valence-electron chi connectivity index (χ4n) is 1.67. The fraction of sp³-hybridized carbons (Fsp3) is 0.500. The van der Waals surface area contributed by atoms with Crippen molar-refractivity contribution in [2.24, 2.45) is 0 Å². The molecule has 4 heteroatoms.